The maximum atomic E-state index is 4.45. The Labute approximate surface area is 99.5 Å². The van der Waals surface area contributed by atoms with Gasteiger partial charge < -0.3 is 5.32 Å². The summed E-state index contributed by atoms with van der Waals surface area (Å²) in [5, 5.41) is 3.58. The summed E-state index contributed by atoms with van der Waals surface area (Å²) in [6.07, 6.45) is 5.67. The zero-order chi connectivity index (χ0) is 11.8. The summed E-state index contributed by atoms with van der Waals surface area (Å²) >= 11 is 0. The van der Waals surface area contributed by atoms with Crippen molar-refractivity contribution in [2.75, 3.05) is 6.54 Å². The van der Waals surface area contributed by atoms with Crippen LogP contribution in [0.2, 0.25) is 0 Å². The molecule has 0 aliphatic heterocycles. The van der Waals surface area contributed by atoms with E-state index in [0.717, 1.165) is 6.54 Å². The lowest BCUT2D eigenvalue weighted by molar-refractivity contribution is 0.416. The molecule has 16 heavy (non-hydrogen) atoms. The van der Waals surface area contributed by atoms with Crippen molar-refractivity contribution in [3.8, 4) is 0 Å². The van der Waals surface area contributed by atoms with E-state index in [9.17, 15) is 0 Å². The normalized spacial score (nSPS) is 14.7. The van der Waals surface area contributed by atoms with Gasteiger partial charge in [0.1, 0.15) is 0 Å². The first kappa shape index (κ1) is 13.2. The highest BCUT2D eigenvalue weighted by atomic mass is 14.9. The van der Waals surface area contributed by atoms with Crippen molar-refractivity contribution in [2.45, 2.75) is 52.0 Å². The number of aromatic nitrogens is 1. The van der Waals surface area contributed by atoms with Crippen LogP contribution in [-0.2, 0) is 0 Å². The van der Waals surface area contributed by atoms with Gasteiger partial charge in [0.2, 0.25) is 0 Å². The van der Waals surface area contributed by atoms with Gasteiger partial charge >= 0.3 is 0 Å². The molecule has 2 unspecified atom stereocenters. The lowest BCUT2D eigenvalue weighted by Gasteiger charge is -2.24. The van der Waals surface area contributed by atoms with Crippen LogP contribution in [0, 0.1) is 0 Å². The molecule has 2 nitrogen and oxygen atoms in total. The van der Waals surface area contributed by atoms with Crippen molar-refractivity contribution in [3.05, 3.63) is 30.1 Å². The molecule has 0 fully saturated rings. The van der Waals surface area contributed by atoms with Crippen molar-refractivity contribution in [1.29, 1.82) is 0 Å². The standard InChI is InChI=1S/C14H24N2/c1-4-6-9-13(15-5-2)12(3)14-10-7-8-11-16-14/h7-8,10-13,15H,4-6,9H2,1-3H3. The zero-order valence-corrected chi connectivity index (χ0v) is 10.7. The molecule has 0 spiro atoms. The minimum atomic E-state index is 0.493. The Hall–Kier alpha value is -0.890. The van der Waals surface area contributed by atoms with Crippen LogP contribution < -0.4 is 5.32 Å². The van der Waals surface area contributed by atoms with E-state index in [-0.39, 0.29) is 0 Å². The Morgan fingerprint density at radius 2 is 2.12 bits per heavy atom. The number of unbranched alkanes of at least 4 members (excludes halogenated alkanes) is 1. The molecule has 0 saturated heterocycles. The van der Waals surface area contributed by atoms with E-state index >= 15 is 0 Å². The first-order valence-corrected chi connectivity index (χ1v) is 6.43. The smallest absolute Gasteiger partial charge is 0.0447 e. The summed E-state index contributed by atoms with van der Waals surface area (Å²) in [5.74, 6) is 0.493. The molecule has 1 rings (SSSR count). The molecule has 0 saturated carbocycles. The second-order valence-electron chi connectivity index (χ2n) is 4.35. The van der Waals surface area contributed by atoms with Crippen molar-refractivity contribution in [1.82, 2.24) is 10.3 Å². The highest BCUT2D eigenvalue weighted by Crippen LogP contribution is 2.20. The quantitative estimate of drug-likeness (QED) is 0.762. The number of hydrogen-bond acceptors (Lipinski definition) is 2. The number of nitrogens with zero attached hydrogens (tertiary/aromatic N) is 1. The van der Waals surface area contributed by atoms with Crippen LogP contribution >= 0.6 is 0 Å². The maximum absolute atomic E-state index is 4.45. The number of likely N-dealkylation sites (N-methyl/N-ethyl adjacent to an activating group) is 1. The fourth-order valence-corrected chi connectivity index (χ4v) is 2.07. The van der Waals surface area contributed by atoms with E-state index in [2.05, 4.69) is 43.2 Å². The van der Waals surface area contributed by atoms with Crippen molar-refractivity contribution < 1.29 is 0 Å². The average Bonchev–Trinajstić information content (AvgIpc) is 2.35. The maximum Gasteiger partial charge on any atom is 0.0447 e. The SMILES string of the molecule is CCCCC(NCC)C(C)c1ccccn1. The molecule has 1 heterocycles. The molecule has 1 aromatic rings. The second kappa shape index (κ2) is 7.39. The lowest BCUT2D eigenvalue weighted by Crippen LogP contribution is -2.34. The van der Waals surface area contributed by atoms with Gasteiger partial charge in [-0.2, -0.15) is 0 Å². The van der Waals surface area contributed by atoms with Crippen LogP contribution in [0.3, 0.4) is 0 Å². The van der Waals surface area contributed by atoms with Crippen molar-refractivity contribution in [2.24, 2.45) is 0 Å². The molecule has 90 valence electrons. The number of hydrogen-bond donors (Lipinski definition) is 1. The molecule has 0 amide bonds. The molecule has 0 aliphatic carbocycles. The van der Waals surface area contributed by atoms with Crippen LogP contribution in [-0.4, -0.2) is 17.6 Å². The summed E-state index contributed by atoms with van der Waals surface area (Å²) in [5.41, 5.74) is 1.20. The van der Waals surface area contributed by atoms with Crippen LogP contribution in [0.25, 0.3) is 0 Å². The Kier molecular flexibility index (Phi) is 6.09. The average molecular weight is 220 g/mol. The number of nitrogens with one attached hydrogen (secondary N) is 1. The van der Waals surface area contributed by atoms with Crippen LogP contribution in [0.4, 0.5) is 0 Å². The Bertz CT molecular complexity index is 271. The van der Waals surface area contributed by atoms with E-state index in [1.807, 2.05) is 12.3 Å². The van der Waals surface area contributed by atoms with Gasteiger partial charge in [-0.25, -0.2) is 0 Å². The van der Waals surface area contributed by atoms with E-state index in [1.165, 1.54) is 25.0 Å². The summed E-state index contributed by atoms with van der Waals surface area (Å²) in [4.78, 5) is 4.45. The fourth-order valence-electron chi connectivity index (χ4n) is 2.07. The number of rotatable bonds is 7. The predicted molar refractivity (Wildman–Crippen MR) is 69.6 cm³/mol. The lowest BCUT2D eigenvalue weighted by atomic mass is 9.93. The Morgan fingerprint density at radius 3 is 2.69 bits per heavy atom. The van der Waals surface area contributed by atoms with E-state index in [0.29, 0.717) is 12.0 Å². The highest BCUT2D eigenvalue weighted by molar-refractivity contribution is 5.11. The first-order valence-electron chi connectivity index (χ1n) is 6.43. The van der Waals surface area contributed by atoms with Crippen LogP contribution in [0.1, 0.15) is 51.6 Å². The minimum Gasteiger partial charge on any atom is -0.314 e. The first-order chi connectivity index (χ1) is 7.79. The predicted octanol–water partition coefficient (Wildman–Crippen LogP) is 3.35. The van der Waals surface area contributed by atoms with Crippen molar-refractivity contribution >= 4 is 0 Å². The van der Waals surface area contributed by atoms with Gasteiger partial charge in [-0.1, -0.05) is 39.7 Å². The van der Waals surface area contributed by atoms with Gasteiger partial charge in [-0.15, -0.1) is 0 Å². The monoisotopic (exact) mass is 220 g/mol. The third kappa shape index (κ3) is 3.93. The molecular weight excluding hydrogens is 196 g/mol. The Morgan fingerprint density at radius 1 is 1.31 bits per heavy atom. The summed E-state index contributed by atoms with van der Waals surface area (Å²) in [6.45, 7) is 7.72. The van der Waals surface area contributed by atoms with Gasteiger partial charge in [-0.3, -0.25) is 4.98 Å². The van der Waals surface area contributed by atoms with E-state index < -0.39 is 0 Å². The molecule has 0 aliphatic rings. The Balaban J connectivity index is 2.62. The molecule has 0 aromatic carbocycles. The second-order valence-corrected chi connectivity index (χ2v) is 4.35. The van der Waals surface area contributed by atoms with Crippen LogP contribution in [0.15, 0.2) is 24.4 Å². The molecule has 2 heteroatoms. The molecule has 1 N–H and O–H groups in total. The van der Waals surface area contributed by atoms with Crippen LogP contribution in [0.5, 0.6) is 0 Å². The number of pyridine rings is 1. The minimum absolute atomic E-state index is 0.493. The molecule has 0 radical (unpaired) electrons. The summed E-state index contributed by atoms with van der Waals surface area (Å²) in [6, 6.07) is 6.73. The molecule has 2 atom stereocenters. The molecule has 0 bridgehead atoms. The third-order valence-electron chi connectivity index (χ3n) is 3.09. The molecular formula is C14H24N2. The topological polar surface area (TPSA) is 24.9 Å². The third-order valence-corrected chi connectivity index (χ3v) is 3.09. The van der Waals surface area contributed by atoms with Gasteiger partial charge in [-0.05, 0) is 25.1 Å². The zero-order valence-electron chi connectivity index (χ0n) is 10.7. The van der Waals surface area contributed by atoms with E-state index in [1.54, 1.807) is 0 Å². The van der Waals surface area contributed by atoms with E-state index in [4.69, 9.17) is 0 Å². The largest absolute Gasteiger partial charge is 0.314 e. The van der Waals surface area contributed by atoms with Gasteiger partial charge in [0.15, 0.2) is 0 Å². The highest BCUT2D eigenvalue weighted by Gasteiger charge is 2.17. The van der Waals surface area contributed by atoms with Gasteiger partial charge in [0.25, 0.3) is 0 Å². The summed E-state index contributed by atoms with van der Waals surface area (Å²) < 4.78 is 0. The summed E-state index contributed by atoms with van der Waals surface area (Å²) in [7, 11) is 0. The van der Waals surface area contributed by atoms with Gasteiger partial charge in [0, 0.05) is 23.9 Å². The molecule has 1 aromatic heterocycles. The van der Waals surface area contributed by atoms with Crippen molar-refractivity contribution in [3.63, 3.8) is 0 Å². The van der Waals surface area contributed by atoms with Gasteiger partial charge in [0.05, 0.1) is 0 Å². The fraction of sp³-hybridized carbons (Fsp3) is 0.643.